The largest absolute Gasteiger partial charge is 0.252 e. The summed E-state index contributed by atoms with van der Waals surface area (Å²) in [5, 5.41) is 1.24. The van der Waals surface area contributed by atoms with Gasteiger partial charge in [-0.25, -0.2) is 0 Å². The summed E-state index contributed by atoms with van der Waals surface area (Å²) >= 11 is 0. The molecular weight excluding hydrogens is 158 g/mol. The number of pyridine rings is 1. The average Bonchev–Trinajstić information content (AvgIpc) is 2.02. The highest BCUT2D eigenvalue weighted by Gasteiger charge is 2.02. The van der Waals surface area contributed by atoms with Crippen LogP contribution in [0.15, 0.2) is 18.2 Å². The number of fused-ring (bicyclic) bond motifs is 1. The Bertz CT molecular complexity index is 458. The minimum Gasteiger partial charge on any atom is -0.252 e. The summed E-state index contributed by atoms with van der Waals surface area (Å²) in [5.74, 6) is 0. The number of hydrogen-bond acceptors (Lipinski definition) is 1. The fraction of sp³-hybridized carbons (Fsp3) is 0.250. The van der Waals surface area contributed by atoms with Gasteiger partial charge in [-0.05, 0) is 38.0 Å². The topological polar surface area (TPSA) is 12.9 Å². The summed E-state index contributed by atoms with van der Waals surface area (Å²) in [4.78, 5) is 4.44. The molecule has 65 valence electrons. The molecule has 0 aliphatic rings. The van der Waals surface area contributed by atoms with Crippen LogP contribution in [0.5, 0.6) is 0 Å². The average molecular weight is 170 g/mol. The summed E-state index contributed by atoms with van der Waals surface area (Å²) in [7, 11) is 0. The van der Waals surface area contributed by atoms with E-state index in [-0.39, 0.29) is 0 Å². The molecule has 1 heteroatoms. The molecule has 1 aromatic carbocycles. The molecule has 2 aromatic rings. The van der Waals surface area contributed by atoms with Crippen molar-refractivity contribution in [3.63, 3.8) is 0 Å². The second kappa shape index (κ2) is 2.84. The van der Waals surface area contributed by atoms with Gasteiger partial charge in [0.2, 0.25) is 0 Å². The Kier molecular flexibility index (Phi) is 1.80. The van der Waals surface area contributed by atoms with Crippen LogP contribution in [0.1, 0.15) is 16.8 Å². The lowest BCUT2D eigenvalue weighted by Gasteiger charge is -2.05. The smallest absolute Gasteiger partial charge is 0.0710 e. The minimum absolute atomic E-state index is 0.968. The van der Waals surface area contributed by atoms with Gasteiger partial charge < -0.3 is 0 Å². The first kappa shape index (κ1) is 8.24. The van der Waals surface area contributed by atoms with E-state index in [9.17, 15) is 0 Å². The van der Waals surface area contributed by atoms with E-state index in [1.54, 1.807) is 0 Å². The minimum atomic E-state index is 0.968. The molecule has 1 nitrogen and oxygen atoms in total. The highest BCUT2D eigenvalue weighted by Crippen LogP contribution is 2.20. The van der Waals surface area contributed by atoms with E-state index in [1.807, 2.05) is 13.0 Å². The van der Waals surface area contributed by atoms with Gasteiger partial charge in [0.15, 0.2) is 0 Å². The van der Waals surface area contributed by atoms with Gasteiger partial charge in [0, 0.05) is 17.1 Å². The fourth-order valence-electron chi connectivity index (χ4n) is 1.78. The zero-order valence-corrected chi connectivity index (χ0v) is 8.18. The fourth-order valence-corrected chi connectivity index (χ4v) is 1.78. The maximum Gasteiger partial charge on any atom is 0.0710 e. The predicted octanol–water partition coefficient (Wildman–Crippen LogP) is 2.96. The predicted molar refractivity (Wildman–Crippen MR) is 54.8 cm³/mol. The van der Waals surface area contributed by atoms with Gasteiger partial charge in [-0.15, -0.1) is 0 Å². The third kappa shape index (κ3) is 1.31. The Balaban J connectivity index is 2.94. The number of rotatable bonds is 0. The van der Waals surface area contributed by atoms with Gasteiger partial charge in [-0.3, -0.25) is 4.98 Å². The molecule has 0 amide bonds. The molecule has 0 aliphatic carbocycles. The number of benzene rings is 1. The van der Waals surface area contributed by atoms with Crippen LogP contribution in [0.4, 0.5) is 0 Å². The first-order valence-electron chi connectivity index (χ1n) is 4.44. The molecular formula is C12H12N. The third-order valence-electron chi connectivity index (χ3n) is 2.28. The number of aromatic nitrogens is 1. The molecule has 0 spiro atoms. The van der Waals surface area contributed by atoms with E-state index >= 15 is 0 Å². The summed E-state index contributed by atoms with van der Waals surface area (Å²) < 4.78 is 0. The second-order valence-electron chi connectivity index (χ2n) is 3.42. The summed E-state index contributed by atoms with van der Waals surface area (Å²) in [6.07, 6.45) is 0. The number of nitrogens with zero attached hydrogens (tertiary/aromatic N) is 1. The standard InChI is InChI=1S/C12H12N/c1-8-5-4-6-11-12(8)9(2)7-10(3)13-11/h4-6H,1-3H3. The molecule has 0 atom stereocenters. The second-order valence-corrected chi connectivity index (χ2v) is 3.42. The van der Waals surface area contributed by atoms with Gasteiger partial charge in [-0.2, -0.15) is 0 Å². The van der Waals surface area contributed by atoms with E-state index in [2.05, 4.69) is 37.0 Å². The molecule has 0 fully saturated rings. The Morgan fingerprint density at radius 2 is 1.92 bits per heavy atom. The highest BCUT2D eigenvalue weighted by molar-refractivity contribution is 5.85. The van der Waals surface area contributed by atoms with Crippen molar-refractivity contribution in [3.05, 3.63) is 41.1 Å². The van der Waals surface area contributed by atoms with Crippen molar-refractivity contribution < 1.29 is 0 Å². The normalized spacial score (nSPS) is 10.7. The molecule has 0 unspecified atom stereocenters. The van der Waals surface area contributed by atoms with E-state index in [0.717, 1.165) is 11.2 Å². The van der Waals surface area contributed by atoms with Crippen molar-refractivity contribution in [2.24, 2.45) is 0 Å². The van der Waals surface area contributed by atoms with Crippen molar-refractivity contribution in [2.45, 2.75) is 20.8 Å². The van der Waals surface area contributed by atoms with Crippen molar-refractivity contribution in [3.8, 4) is 0 Å². The number of aryl methyl sites for hydroxylation is 3. The van der Waals surface area contributed by atoms with Crippen LogP contribution >= 0.6 is 0 Å². The first-order chi connectivity index (χ1) is 6.18. The Morgan fingerprint density at radius 1 is 1.15 bits per heavy atom. The first-order valence-corrected chi connectivity index (χ1v) is 4.44. The van der Waals surface area contributed by atoms with Gasteiger partial charge in [0.05, 0.1) is 5.52 Å². The van der Waals surface area contributed by atoms with Crippen molar-refractivity contribution in [2.75, 3.05) is 0 Å². The summed E-state index contributed by atoms with van der Waals surface area (Å²) in [6.45, 7) is 6.18. The monoisotopic (exact) mass is 170 g/mol. The molecule has 1 aromatic heterocycles. The third-order valence-corrected chi connectivity index (χ3v) is 2.28. The maximum atomic E-state index is 4.44. The summed E-state index contributed by atoms with van der Waals surface area (Å²) in [6, 6.07) is 9.45. The van der Waals surface area contributed by atoms with Crippen molar-refractivity contribution >= 4 is 10.9 Å². The van der Waals surface area contributed by atoms with E-state index in [0.29, 0.717) is 0 Å². The van der Waals surface area contributed by atoms with Crippen molar-refractivity contribution in [1.29, 1.82) is 0 Å². The molecule has 0 saturated heterocycles. The van der Waals surface area contributed by atoms with Crippen LogP contribution in [-0.2, 0) is 0 Å². The molecule has 0 aliphatic heterocycles. The summed E-state index contributed by atoms with van der Waals surface area (Å²) in [5.41, 5.74) is 4.52. The Hall–Kier alpha value is -1.37. The highest BCUT2D eigenvalue weighted by atomic mass is 14.7. The van der Waals surface area contributed by atoms with Crippen molar-refractivity contribution in [1.82, 2.24) is 4.98 Å². The van der Waals surface area contributed by atoms with Gasteiger partial charge >= 0.3 is 0 Å². The van der Waals surface area contributed by atoms with E-state index in [4.69, 9.17) is 0 Å². The molecule has 13 heavy (non-hydrogen) atoms. The zero-order valence-electron chi connectivity index (χ0n) is 8.18. The lowest BCUT2D eigenvalue weighted by molar-refractivity contribution is 1.22. The Morgan fingerprint density at radius 3 is 2.69 bits per heavy atom. The molecule has 0 saturated carbocycles. The van der Waals surface area contributed by atoms with Gasteiger partial charge in [0.1, 0.15) is 0 Å². The maximum absolute atomic E-state index is 4.44. The zero-order chi connectivity index (χ0) is 9.42. The van der Waals surface area contributed by atoms with Crippen LogP contribution in [0.25, 0.3) is 10.9 Å². The van der Waals surface area contributed by atoms with Crippen LogP contribution < -0.4 is 0 Å². The van der Waals surface area contributed by atoms with Gasteiger partial charge in [-0.1, -0.05) is 12.1 Å². The lowest BCUT2D eigenvalue weighted by Crippen LogP contribution is -1.89. The Labute approximate surface area is 78.4 Å². The SMILES string of the molecule is Cc1[c]c(C)c2c(C)cccc2n1. The van der Waals surface area contributed by atoms with Gasteiger partial charge in [0.25, 0.3) is 0 Å². The molecule has 1 heterocycles. The van der Waals surface area contributed by atoms with Crippen LogP contribution in [0.3, 0.4) is 0 Å². The molecule has 0 bridgehead atoms. The molecule has 0 N–H and O–H groups in total. The lowest BCUT2D eigenvalue weighted by atomic mass is 10.0. The molecule has 2 rings (SSSR count). The van der Waals surface area contributed by atoms with Crippen LogP contribution in [0.2, 0.25) is 0 Å². The molecule has 1 radical (unpaired) electrons. The number of hydrogen-bond donors (Lipinski definition) is 0. The van der Waals surface area contributed by atoms with E-state index < -0.39 is 0 Å². The quantitative estimate of drug-likeness (QED) is 0.592. The van der Waals surface area contributed by atoms with E-state index in [1.165, 1.54) is 16.5 Å². The van der Waals surface area contributed by atoms with Crippen LogP contribution in [0, 0.1) is 26.8 Å². The van der Waals surface area contributed by atoms with Crippen LogP contribution in [-0.4, -0.2) is 4.98 Å².